The summed E-state index contributed by atoms with van der Waals surface area (Å²) in [7, 11) is 0. The number of nitrogens with one attached hydrogen (secondary N) is 1. The molecule has 0 spiro atoms. The number of hydrogen-bond donors (Lipinski definition) is 14. The number of aliphatic hydroxyl groups excluding tert-OH is 11. The summed E-state index contributed by atoms with van der Waals surface area (Å²) in [6.07, 6.45) is -34.1. The second-order valence-corrected chi connectivity index (χ2v) is 14.9. The standard InChI is InChI=1S/C34H59N3O23/c1-11-20(45)23(48)24(49)31(54-11)58-28-19(37-13(3)42)30(53-6-4-5-35)56-17(10-40)26(28)57-32-25(50)29(22(47)16(9-39)55-32)60-34(33(51)52)7-14(43)18(36-12(2)41)27(59-34)21(46)15(44)8-38/h11,14-32,38-40,43-50H,4-10,35H2,1-3H3,(H,36,41)(H,37,42)(H,51,52)/p-1/t11-,14-,15+,16+,17+,18+,19+,20+,21+,22-,23+,24-,25+,26+,27+,28+,29-,30+,31-,32-,34-/m0/s1. The molecule has 4 rings (SSSR count). The van der Waals surface area contributed by atoms with Crippen LogP contribution in [0.1, 0.15) is 33.6 Å². The first-order chi connectivity index (χ1) is 28.2. The van der Waals surface area contributed by atoms with E-state index in [0.29, 0.717) is 6.42 Å². The van der Waals surface area contributed by atoms with Gasteiger partial charge in [0.25, 0.3) is 5.79 Å². The summed E-state index contributed by atoms with van der Waals surface area (Å²) in [5, 5.41) is 142. The highest BCUT2D eigenvalue weighted by Gasteiger charge is 2.60. The quantitative estimate of drug-likeness (QED) is 0.0345. The Bertz CT molecular complexity index is 1420. The van der Waals surface area contributed by atoms with Gasteiger partial charge >= 0.3 is 5.97 Å². The van der Waals surface area contributed by atoms with Gasteiger partial charge in [0.1, 0.15) is 91.4 Å². The van der Waals surface area contributed by atoms with Crippen LogP contribution in [0.25, 0.3) is 0 Å². The van der Waals surface area contributed by atoms with Crippen molar-refractivity contribution in [1.29, 1.82) is 0 Å². The van der Waals surface area contributed by atoms with Gasteiger partial charge in [-0.15, -0.1) is 0 Å². The maximum Gasteiger partial charge on any atom is 0.364 e. The Morgan fingerprint density at radius 3 is 2.05 bits per heavy atom. The summed E-state index contributed by atoms with van der Waals surface area (Å²) in [6, 6.07) is -3.15. The van der Waals surface area contributed by atoms with Gasteiger partial charge < -0.3 is 115 Å². The van der Waals surface area contributed by atoms with Crippen LogP contribution in [-0.2, 0) is 47.5 Å². The number of carboxylic acids is 1. The molecule has 4 heterocycles. The Labute approximate surface area is 342 Å². The number of aliphatic hydroxyl groups is 11. The number of nitrogens with two attached hydrogens (primary N) is 1. The first kappa shape index (κ1) is 50.3. The maximum absolute atomic E-state index is 12.9. The molecule has 0 aliphatic carbocycles. The number of aliphatic imine (C=N–C) groups is 1. The van der Waals surface area contributed by atoms with Gasteiger partial charge in [-0.05, 0) is 32.7 Å². The third-order valence-corrected chi connectivity index (χ3v) is 10.5. The van der Waals surface area contributed by atoms with E-state index in [9.17, 15) is 76.0 Å². The fourth-order valence-corrected chi connectivity index (χ4v) is 7.33. The highest BCUT2D eigenvalue weighted by Crippen LogP contribution is 2.40. The third-order valence-electron chi connectivity index (χ3n) is 10.5. The minimum absolute atomic E-state index is 0.0415. The van der Waals surface area contributed by atoms with Gasteiger partial charge in [-0.1, -0.05) is 0 Å². The minimum atomic E-state index is -3.13. The van der Waals surface area contributed by atoms with Crippen molar-refractivity contribution in [2.75, 3.05) is 33.0 Å². The van der Waals surface area contributed by atoms with Gasteiger partial charge in [-0.3, -0.25) is 9.79 Å². The topological polar surface area (TPSA) is 424 Å². The van der Waals surface area contributed by atoms with E-state index in [2.05, 4.69) is 10.3 Å². The molecule has 4 fully saturated rings. The minimum Gasteiger partial charge on any atom is -0.862 e. The van der Waals surface area contributed by atoms with Crippen LogP contribution in [0.4, 0.5) is 0 Å². The summed E-state index contributed by atoms with van der Waals surface area (Å²) < 4.78 is 46.7. The number of carboxylic acid groups (broad SMARTS) is 1. The number of nitrogens with zero attached hydrogens (tertiary/aromatic N) is 1. The number of ether oxygens (including phenoxy) is 8. The van der Waals surface area contributed by atoms with Crippen molar-refractivity contribution in [3.05, 3.63) is 0 Å². The summed E-state index contributed by atoms with van der Waals surface area (Å²) in [4.78, 5) is 29.2. The summed E-state index contributed by atoms with van der Waals surface area (Å²) in [5.74, 6) is -6.75. The SMILES string of the molecule is CC(=O)N[C@H]1[C@H](OCCCN)O[C@H](CO)[C@@H](O[C@@H]2O[C@H](CO)[C@H](O)[C@H](O[C@]3(C(=O)O)C[C@H](O)[C@@H](N=C(C)[O-])[C@H]([C@H](O)[C@H](O)CO)O3)[C@H]2O)[C@@H]1O[C@@H]1O[C@@H](C)[C@@H](O)[C@@H](O)[C@@H]1O. The lowest BCUT2D eigenvalue weighted by Gasteiger charge is -2.51. The summed E-state index contributed by atoms with van der Waals surface area (Å²) in [5.41, 5.74) is 5.60. The van der Waals surface area contributed by atoms with Gasteiger partial charge in [0.05, 0.1) is 38.6 Å². The van der Waals surface area contributed by atoms with Crippen molar-refractivity contribution in [1.82, 2.24) is 5.32 Å². The molecule has 348 valence electrons. The first-order valence-electron chi connectivity index (χ1n) is 19.2. The maximum atomic E-state index is 12.9. The van der Waals surface area contributed by atoms with Gasteiger partial charge in [-0.25, -0.2) is 4.79 Å². The van der Waals surface area contributed by atoms with E-state index in [1.807, 2.05) is 0 Å². The highest BCUT2D eigenvalue weighted by molar-refractivity contribution is 5.76. The monoisotopic (exact) mass is 876 g/mol. The Morgan fingerprint density at radius 2 is 1.48 bits per heavy atom. The van der Waals surface area contributed by atoms with Crippen molar-refractivity contribution in [2.24, 2.45) is 10.7 Å². The zero-order valence-electron chi connectivity index (χ0n) is 32.9. The molecule has 0 aromatic heterocycles. The second kappa shape index (κ2) is 21.8. The molecule has 4 saturated heterocycles. The third kappa shape index (κ3) is 11.2. The van der Waals surface area contributed by atoms with Crippen LogP contribution in [0.2, 0.25) is 0 Å². The Kier molecular flexibility index (Phi) is 18.3. The van der Waals surface area contributed by atoms with E-state index in [1.54, 1.807) is 0 Å². The molecule has 0 unspecified atom stereocenters. The fourth-order valence-electron chi connectivity index (χ4n) is 7.33. The largest absolute Gasteiger partial charge is 0.862 e. The van der Waals surface area contributed by atoms with E-state index in [0.717, 1.165) is 13.8 Å². The molecule has 1 amide bonds. The first-order valence-corrected chi connectivity index (χ1v) is 19.2. The highest BCUT2D eigenvalue weighted by atomic mass is 16.8. The predicted octanol–water partition coefficient (Wildman–Crippen LogP) is -9.21. The van der Waals surface area contributed by atoms with Crippen LogP contribution < -0.4 is 16.2 Å². The molecular formula is C34H58N3O23-. The van der Waals surface area contributed by atoms with Crippen molar-refractivity contribution in [2.45, 2.75) is 162 Å². The fraction of sp³-hybridized carbons (Fsp3) is 0.912. The molecule has 0 aromatic rings. The predicted molar refractivity (Wildman–Crippen MR) is 190 cm³/mol. The van der Waals surface area contributed by atoms with Crippen LogP contribution in [0, 0.1) is 0 Å². The summed E-state index contributed by atoms with van der Waals surface area (Å²) >= 11 is 0. The van der Waals surface area contributed by atoms with E-state index in [4.69, 9.17) is 43.6 Å². The molecule has 0 aromatic carbocycles. The number of carbonyl (C=O) groups excluding carboxylic acids is 1. The van der Waals surface area contributed by atoms with E-state index in [1.165, 1.54) is 6.92 Å². The normalized spacial score (nSPS) is 43.9. The molecule has 26 nitrogen and oxygen atoms in total. The number of carbonyl (C=O) groups is 2. The lowest BCUT2D eigenvalue weighted by molar-refractivity contribution is -0.391. The zero-order chi connectivity index (χ0) is 44.8. The molecule has 4 aliphatic heterocycles. The van der Waals surface area contributed by atoms with Gasteiger partial charge in [0.15, 0.2) is 18.9 Å². The van der Waals surface area contributed by atoms with Crippen LogP contribution in [0.5, 0.6) is 0 Å². The molecule has 0 bridgehead atoms. The van der Waals surface area contributed by atoms with E-state index in [-0.39, 0.29) is 13.2 Å². The zero-order valence-corrected chi connectivity index (χ0v) is 32.9. The Hall–Kier alpha value is -2.39. The van der Waals surface area contributed by atoms with Crippen molar-refractivity contribution in [3.8, 4) is 0 Å². The second-order valence-electron chi connectivity index (χ2n) is 14.9. The molecule has 0 radical (unpaired) electrons. The molecule has 60 heavy (non-hydrogen) atoms. The molecule has 0 saturated carbocycles. The smallest absolute Gasteiger partial charge is 0.364 e. The number of aliphatic carboxylic acids is 1. The number of hydrogen-bond acceptors (Lipinski definition) is 24. The summed E-state index contributed by atoms with van der Waals surface area (Å²) in [6.45, 7) is 0.537. The molecule has 21 atom stereocenters. The average Bonchev–Trinajstić information content (AvgIpc) is 3.20. The van der Waals surface area contributed by atoms with Crippen molar-refractivity contribution in [3.63, 3.8) is 0 Å². The number of rotatable bonds is 18. The molecule has 15 N–H and O–H groups in total. The molecular weight excluding hydrogens is 818 g/mol. The Balaban J connectivity index is 1.75. The van der Waals surface area contributed by atoms with Crippen LogP contribution >= 0.6 is 0 Å². The number of amides is 1. The van der Waals surface area contributed by atoms with Gasteiger partial charge in [0, 0.05) is 13.3 Å². The van der Waals surface area contributed by atoms with Crippen molar-refractivity contribution >= 4 is 17.8 Å². The lowest BCUT2D eigenvalue weighted by Crippen LogP contribution is -2.70. The van der Waals surface area contributed by atoms with E-state index >= 15 is 0 Å². The van der Waals surface area contributed by atoms with Crippen molar-refractivity contribution < 1.29 is 114 Å². The van der Waals surface area contributed by atoms with E-state index < -0.39 is 172 Å². The molecule has 4 aliphatic rings. The lowest BCUT2D eigenvalue weighted by atomic mass is 9.88. The van der Waals surface area contributed by atoms with Gasteiger partial charge in [0.2, 0.25) is 5.91 Å². The van der Waals surface area contributed by atoms with Gasteiger partial charge in [-0.2, -0.15) is 0 Å². The molecule has 26 heteroatoms. The van der Waals surface area contributed by atoms with Crippen LogP contribution in [-0.4, -0.2) is 240 Å². The Morgan fingerprint density at radius 1 is 0.867 bits per heavy atom. The van der Waals surface area contributed by atoms with Crippen LogP contribution in [0.3, 0.4) is 0 Å². The average molecular weight is 877 g/mol. The van der Waals surface area contributed by atoms with Crippen LogP contribution in [0.15, 0.2) is 4.99 Å².